The van der Waals surface area contributed by atoms with E-state index in [1.54, 1.807) is 20.4 Å². The van der Waals surface area contributed by atoms with E-state index in [-0.39, 0.29) is 0 Å². The molecule has 1 N–H and O–H groups in total. The number of aromatic nitrogens is 2. The quantitative estimate of drug-likeness (QED) is 0.733. The van der Waals surface area contributed by atoms with Crippen molar-refractivity contribution in [1.82, 2.24) is 9.97 Å². The first kappa shape index (κ1) is 9.96. The Morgan fingerprint density at radius 2 is 1.76 bits per heavy atom. The Bertz CT molecular complexity index is 688. The maximum absolute atomic E-state index is 5.31. The van der Waals surface area contributed by atoms with E-state index in [0.29, 0.717) is 0 Å². The first-order valence-electron chi connectivity index (χ1n) is 5.31. The van der Waals surface area contributed by atoms with Gasteiger partial charge in [-0.05, 0) is 12.1 Å². The van der Waals surface area contributed by atoms with E-state index in [9.17, 15) is 0 Å². The molecule has 0 aliphatic carbocycles. The Balaban J connectivity index is 2.41. The van der Waals surface area contributed by atoms with E-state index >= 15 is 0 Å². The first-order valence-corrected chi connectivity index (χ1v) is 5.31. The molecule has 0 aliphatic heterocycles. The zero-order valence-electron chi connectivity index (χ0n) is 9.65. The van der Waals surface area contributed by atoms with Gasteiger partial charge in [0, 0.05) is 23.0 Å². The number of ether oxygens (including phenoxy) is 2. The van der Waals surface area contributed by atoms with Crippen molar-refractivity contribution >= 4 is 21.8 Å². The van der Waals surface area contributed by atoms with Gasteiger partial charge in [0.05, 0.1) is 31.4 Å². The molecule has 0 unspecified atom stereocenters. The summed E-state index contributed by atoms with van der Waals surface area (Å²) >= 11 is 0. The molecule has 0 fully saturated rings. The predicted octanol–water partition coefficient (Wildman–Crippen LogP) is 2.73. The molecular formula is C13H12N2O2. The number of nitrogens with one attached hydrogen (secondary N) is 1. The number of fused-ring (bicyclic) bond motifs is 3. The number of methoxy groups -OCH3 is 2. The third kappa shape index (κ3) is 1.41. The summed E-state index contributed by atoms with van der Waals surface area (Å²) in [6.07, 6.45) is 3.60. The highest BCUT2D eigenvalue weighted by Crippen LogP contribution is 2.35. The summed E-state index contributed by atoms with van der Waals surface area (Å²) < 4.78 is 10.6. The highest BCUT2D eigenvalue weighted by atomic mass is 16.5. The van der Waals surface area contributed by atoms with Crippen molar-refractivity contribution in [3.8, 4) is 11.5 Å². The zero-order valence-corrected chi connectivity index (χ0v) is 9.65. The van der Waals surface area contributed by atoms with Crippen LogP contribution in [0.5, 0.6) is 11.5 Å². The molecule has 3 rings (SSSR count). The van der Waals surface area contributed by atoms with E-state index in [0.717, 1.165) is 33.3 Å². The molecule has 4 heteroatoms. The first-order chi connectivity index (χ1) is 8.33. The summed E-state index contributed by atoms with van der Waals surface area (Å²) in [5.74, 6) is 1.46. The molecule has 0 spiro atoms. The summed E-state index contributed by atoms with van der Waals surface area (Å²) in [5.41, 5.74) is 2.03. The van der Waals surface area contributed by atoms with Crippen molar-refractivity contribution in [3.63, 3.8) is 0 Å². The lowest BCUT2D eigenvalue weighted by Gasteiger charge is -2.06. The highest BCUT2D eigenvalue weighted by Gasteiger charge is 2.10. The van der Waals surface area contributed by atoms with Gasteiger partial charge >= 0.3 is 0 Å². The molecule has 4 nitrogen and oxygen atoms in total. The minimum Gasteiger partial charge on any atom is -0.493 e. The van der Waals surface area contributed by atoms with Gasteiger partial charge in [-0.3, -0.25) is 4.98 Å². The van der Waals surface area contributed by atoms with Gasteiger partial charge in [-0.2, -0.15) is 0 Å². The molecule has 0 saturated heterocycles. The Morgan fingerprint density at radius 3 is 2.53 bits per heavy atom. The van der Waals surface area contributed by atoms with E-state index in [1.807, 2.05) is 24.4 Å². The van der Waals surface area contributed by atoms with Crippen LogP contribution >= 0.6 is 0 Å². The van der Waals surface area contributed by atoms with E-state index in [1.165, 1.54) is 0 Å². The van der Waals surface area contributed by atoms with E-state index in [4.69, 9.17) is 9.47 Å². The van der Waals surface area contributed by atoms with Crippen LogP contribution < -0.4 is 9.47 Å². The van der Waals surface area contributed by atoms with Crippen LogP contribution in [-0.2, 0) is 0 Å². The maximum atomic E-state index is 5.31. The van der Waals surface area contributed by atoms with Crippen LogP contribution in [0, 0.1) is 0 Å². The number of pyridine rings is 1. The SMILES string of the molecule is COc1cc2[nH]c3cnccc3c2cc1OC. The number of rotatable bonds is 2. The van der Waals surface area contributed by atoms with E-state index in [2.05, 4.69) is 9.97 Å². The number of H-pyrrole nitrogens is 1. The third-order valence-corrected chi connectivity index (χ3v) is 2.90. The van der Waals surface area contributed by atoms with Gasteiger partial charge in [0.2, 0.25) is 0 Å². The van der Waals surface area contributed by atoms with Crippen LogP contribution in [-0.4, -0.2) is 24.2 Å². The number of aromatic amines is 1. The molecular weight excluding hydrogens is 216 g/mol. The minimum atomic E-state index is 0.722. The van der Waals surface area contributed by atoms with E-state index < -0.39 is 0 Å². The maximum Gasteiger partial charge on any atom is 0.162 e. The summed E-state index contributed by atoms with van der Waals surface area (Å²) in [7, 11) is 3.27. The van der Waals surface area contributed by atoms with Crippen molar-refractivity contribution in [2.45, 2.75) is 0 Å². The van der Waals surface area contributed by atoms with Gasteiger partial charge in [0.25, 0.3) is 0 Å². The molecule has 0 atom stereocenters. The molecule has 0 amide bonds. The summed E-state index contributed by atoms with van der Waals surface area (Å²) in [6.45, 7) is 0. The van der Waals surface area contributed by atoms with Crippen LogP contribution in [0.25, 0.3) is 21.8 Å². The molecule has 86 valence electrons. The molecule has 0 aliphatic rings. The Morgan fingerprint density at radius 1 is 1.00 bits per heavy atom. The topological polar surface area (TPSA) is 47.1 Å². The van der Waals surface area contributed by atoms with Crippen molar-refractivity contribution in [1.29, 1.82) is 0 Å². The van der Waals surface area contributed by atoms with Crippen LogP contribution in [0.3, 0.4) is 0 Å². The summed E-state index contributed by atoms with van der Waals surface area (Å²) in [5, 5.41) is 2.25. The lowest BCUT2D eigenvalue weighted by molar-refractivity contribution is 0.356. The highest BCUT2D eigenvalue weighted by molar-refractivity contribution is 6.07. The molecule has 2 heterocycles. The molecule has 2 aromatic heterocycles. The normalized spacial score (nSPS) is 10.9. The van der Waals surface area contributed by atoms with Crippen molar-refractivity contribution in [3.05, 3.63) is 30.6 Å². The fourth-order valence-corrected chi connectivity index (χ4v) is 2.08. The van der Waals surface area contributed by atoms with Crippen LogP contribution in [0.1, 0.15) is 0 Å². The molecule has 3 aromatic rings. The molecule has 0 bridgehead atoms. The van der Waals surface area contributed by atoms with Crippen LogP contribution in [0.15, 0.2) is 30.6 Å². The van der Waals surface area contributed by atoms with Gasteiger partial charge in [-0.25, -0.2) is 0 Å². The number of hydrogen-bond donors (Lipinski definition) is 1. The average Bonchev–Trinajstić information content (AvgIpc) is 2.74. The Kier molecular flexibility index (Phi) is 2.14. The second-order valence-electron chi connectivity index (χ2n) is 3.80. The van der Waals surface area contributed by atoms with Gasteiger partial charge in [-0.15, -0.1) is 0 Å². The number of hydrogen-bond acceptors (Lipinski definition) is 3. The van der Waals surface area contributed by atoms with Crippen LogP contribution in [0.2, 0.25) is 0 Å². The summed E-state index contributed by atoms with van der Waals surface area (Å²) in [6, 6.07) is 5.90. The van der Waals surface area contributed by atoms with Gasteiger partial charge < -0.3 is 14.5 Å². The lowest BCUT2D eigenvalue weighted by atomic mass is 10.1. The molecule has 1 aromatic carbocycles. The fraction of sp³-hybridized carbons (Fsp3) is 0.154. The monoisotopic (exact) mass is 228 g/mol. The van der Waals surface area contributed by atoms with Gasteiger partial charge in [0.1, 0.15) is 0 Å². The molecule has 0 radical (unpaired) electrons. The third-order valence-electron chi connectivity index (χ3n) is 2.90. The van der Waals surface area contributed by atoms with Crippen LogP contribution in [0.4, 0.5) is 0 Å². The smallest absolute Gasteiger partial charge is 0.162 e. The average molecular weight is 228 g/mol. The number of benzene rings is 1. The van der Waals surface area contributed by atoms with Crippen molar-refractivity contribution in [2.24, 2.45) is 0 Å². The van der Waals surface area contributed by atoms with Gasteiger partial charge in [0.15, 0.2) is 11.5 Å². The number of nitrogens with zero attached hydrogens (tertiary/aromatic N) is 1. The Labute approximate surface area is 98.2 Å². The molecule has 17 heavy (non-hydrogen) atoms. The second-order valence-corrected chi connectivity index (χ2v) is 3.80. The molecule has 0 saturated carbocycles. The standard InChI is InChI=1S/C13H12N2O2/c1-16-12-5-9-8-3-4-14-7-11(8)15-10(9)6-13(12)17-2/h3-7,15H,1-2H3. The predicted molar refractivity (Wildman–Crippen MR) is 66.7 cm³/mol. The second kappa shape index (κ2) is 3.66. The lowest BCUT2D eigenvalue weighted by Crippen LogP contribution is -1.89. The zero-order chi connectivity index (χ0) is 11.8. The largest absolute Gasteiger partial charge is 0.493 e. The summed E-state index contributed by atoms with van der Waals surface area (Å²) in [4.78, 5) is 7.41. The Hall–Kier alpha value is -2.23. The minimum absolute atomic E-state index is 0.722. The van der Waals surface area contributed by atoms with Crippen molar-refractivity contribution < 1.29 is 9.47 Å². The fourth-order valence-electron chi connectivity index (χ4n) is 2.08. The van der Waals surface area contributed by atoms with Gasteiger partial charge in [-0.1, -0.05) is 0 Å². The van der Waals surface area contributed by atoms with Crippen molar-refractivity contribution in [2.75, 3.05) is 14.2 Å².